The standard InChI is InChI=1S/C27H27N3/c1-4-26-18-19(3)27(26,5-2)21-14-9-10-15-22(21)30-24-23(16-11-17-28-24)29(25(26)30)20-12-7-6-8-13-20/h6-17,25H,3-5,18H2,1-2H3. The van der Waals surface area contributed by atoms with E-state index < -0.39 is 0 Å². The number of allylic oxidation sites excluding steroid dienone is 1. The molecule has 1 saturated carbocycles. The van der Waals surface area contributed by atoms with Gasteiger partial charge in [-0.1, -0.05) is 62.4 Å². The lowest BCUT2D eigenvalue weighted by Crippen LogP contribution is -2.70. The molecular formula is C27H27N3. The second kappa shape index (κ2) is 5.98. The van der Waals surface area contributed by atoms with E-state index in [0.717, 1.165) is 25.1 Å². The third-order valence-corrected chi connectivity index (χ3v) is 8.04. The summed E-state index contributed by atoms with van der Waals surface area (Å²) in [4.78, 5) is 9.95. The average Bonchev–Trinajstić information content (AvgIpc) is 3.14. The van der Waals surface area contributed by atoms with E-state index in [1.54, 1.807) is 0 Å². The first-order chi connectivity index (χ1) is 14.7. The van der Waals surface area contributed by atoms with Gasteiger partial charge in [-0.3, -0.25) is 0 Å². The smallest absolute Gasteiger partial charge is 0.158 e. The van der Waals surface area contributed by atoms with E-state index in [1.807, 2.05) is 6.20 Å². The van der Waals surface area contributed by atoms with Crippen LogP contribution in [0, 0.1) is 5.41 Å². The van der Waals surface area contributed by atoms with E-state index in [9.17, 15) is 0 Å². The summed E-state index contributed by atoms with van der Waals surface area (Å²) in [6.45, 7) is 9.29. The van der Waals surface area contributed by atoms with Crippen LogP contribution in [0.1, 0.15) is 38.7 Å². The van der Waals surface area contributed by atoms with Gasteiger partial charge in [0.2, 0.25) is 0 Å². The lowest BCUT2D eigenvalue weighted by molar-refractivity contribution is 0.0184. The molecule has 0 amide bonds. The molecule has 3 aliphatic rings. The molecule has 0 spiro atoms. The largest absolute Gasteiger partial charge is 0.316 e. The quantitative estimate of drug-likeness (QED) is 0.461. The van der Waals surface area contributed by atoms with Crippen LogP contribution in [-0.4, -0.2) is 11.1 Å². The molecule has 3 nitrogen and oxygen atoms in total. The van der Waals surface area contributed by atoms with Gasteiger partial charge in [-0.25, -0.2) is 4.98 Å². The van der Waals surface area contributed by atoms with E-state index in [2.05, 4.69) is 97.0 Å². The first-order valence-electron chi connectivity index (χ1n) is 11.1. The number of hydrogen-bond acceptors (Lipinski definition) is 3. The van der Waals surface area contributed by atoms with E-state index in [4.69, 9.17) is 4.98 Å². The second-order valence-corrected chi connectivity index (χ2v) is 8.86. The third kappa shape index (κ3) is 1.81. The molecule has 150 valence electrons. The first-order valence-corrected chi connectivity index (χ1v) is 11.1. The molecule has 0 radical (unpaired) electrons. The second-order valence-electron chi connectivity index (χ2n) is 8.86. The Morgan fingerprint density at radius 2 is 1.63 bits per heavy atom. The molecule has 3 heteroatoms. The van der Waals surface area contributed by atoms with Gasteiger partial charge in [0.25, 0.3) is 0 Å². The Balaban J connectivity index is 1.71. The molecule has 0 saturated heterocycles. The molecule has 3 heterocycles. The van der Waals surface area contributed by atoms with Crippen molar-refractivity contribution in [3.05, 3.63) is 90.6 Å². The van der Waals surface area contributed by atoms with Gasteiger partial charge >= 0.3 is 0 Å². The molecule has 30 heavy (non-hydrogen) atoms. The van der Waals surface area contributed by atoms with Gasteiger partial charge in [0.15, 0.2) is 5.82 Å². The van der Waals surface area contributed by atoms with Gasteiger partial charge < -0.3 is 9.80 Å². The minimum Gasteiger partial charge on any atom is -0.316 e. The molecule has 3 unspecified atom stereocenters. The molecule has 1 aliphatic carbocycles. The van der Waals surface area contributed by atoms with Crippen LogP contribution < -0.4 is 9.80 Å². The monoisotopic (exact) mass is 393 g/mol. The maximum absolute atomic E-state index is 4.90. The zero-order valence-electron chi connectivity index (χ0n) is 17.7. The van der Waals surface area contributed by atoms with Gasteiger partial charge in [0.1, 0.15) is 6.17 Å². The highest BCUT2D eigenvalue weighted by Crippen LogP contribution is 2.73. The maximum atomic E-state index is 4.90. The third-order valence-electron chi connectivity index (χ3n) is 8.04. The van der Waals surface area contributed by atoms with Gasteiger partial charge in [0, 0.05) is 28.4 Å². The Labute approximate surface area is 178 Å². The van der Waals surface area contributed by atoms with Crippen LogP contribution in [0.5, 0.6) is 0 Å². The van der Waals surface area contributed by atoms with E-state index >= 15 is 0 Å². The fourth-order valence-corrected chi connectivity index (χ4v) is 6.88. The molecule has 1 fully saturated rings. The van der Waals surface area contributed by atoms with Crippen molar-refractivity contribution in [2.24, 2.45) is 5.41 Å². The van der Waals surface area contributed by atoms with E-state index in [0.29, 0.717) is 0 Å². The Morgan fingerprint density at radius 3 is 2.37 bits per heavy atom. The van der Waals surface area contributed by atoms with Crippen LogP contribution in [-0.2, 0) is 5.41 Å². The number of para-hydroxylation sites is 2. The fraction of sp³-hybridized carbons (Fsp3) is 0.296. The van der Waals surface area contributed by atoms with Crippen molar-refractivity contribution in [1.82, 2.24) is 4.98 Å². The molecular weight excluding hydrogens is 366 g/mol. The number of rotatable bonds is 3. The summed E-state index contributed by atoms with van der Waals surface area (Å²) < 4.78 is 0. The van der Waals surface area contributed by atoms with Crippen LogP contribution in [0.3, 0.4) is 0 Å². The molecule has 0 N–H and O–H groups in total. The van der Waals surface area contributed by atoms with E-state index in [-0.39, 0.29) is 17.0 Å². The molecule has 3 aromatic rings. The van der Waals surface area contributed by atoms with Crippen molar-refractivity contribution in [3.8, 4) is 0 Å². The highest BCUT2D eigenvalue weighted by atomic mass is 15.5. The number of benzene rings is 2. The molecule has 3 atom stereocenters. The summed E-state index contributed by atoms with van der Waals surface area (Å²) in [7, 11) is 0. The summed E-state index contributed by atoms with van der Waals surface area (Å²) in [6, 6.07) is 24.1. The number of aromatic nitrogens is 1. The van der Waals surface area contributed by atoms with Gasteiger partial charge in [0.05, 0.1) is 5.69 Å². The normalized spacial score (nSPS) is 28.3. The Bertz CT molecular complexity index is 1150. The Hall–Kier alpha value is -3.07. The predicted octanol–water partition coefficient (Wildman–Crippen LogP) is 6.72. The topological polar surface area (TPSA) is 19.4 Å². The van der Waals surface area contributed by atoms with Crippen molar-refractivity contribution < 1.29 is 0 Å². The molecule has 6 rings (SSSR count). The van der Waals surface area contributed by atoms with E-state index in [1.165, 1.54) is 28.2 Å². The SMILES string of the molecule is C=C1CC2(CC)C3N(c4ccccc4)c4cccnc4N3c3ccccc3C12CC. The summed E-state index contributed by atoms with van der Waals surface area (Å²) in [5.74, 6) is 1.06. The first kappa shape index (κ1) is 17.8. The lowest BCUT2D eigenvalue weighted by atomic mass is 9.40. The summed E-state index contributed by atoms with van der Waals surface area (Å²) >= 11 is 0. The number of fused-ring (bicyclic) bond motifs is 8. The molecule has 1 aromatic heterocycles. The van der Waals surface area contributed by atoms with Crippen LogP contribution in [0.25, 0.3) is 0 Å². The highest BCUT2D eigenvalue weighted by Gasteiger charge is 2.71. The zero-order valence-corrected chi connectivity index (χ0v) is 17.7. The lowest BCUT2D eigenvalue weighted by Gasteiger charge is -2.69. The predicted molar refractivity (Wildman–Crippen MR) is 124 cm³/mol. The van der Waals surface area contributed by atoms with Crippen LogP contribution in [0.4, 0.5) is 22.9 Å². The van der Waals surface area contributed by atoms with Crippen molar-refractivity contribution in [3.63, 3.8) is 0 Å². The number of pyridine rings is 1. The summed E-state index contributed by atoms with van der Waals surface area (Å²) in [5, 5.41) is 0. The van der Waals surface area contributed by atoms with Crippen LogP contribution in [0.15, 0.2) is 85.1 Å². The van der Waals surface area contributed by atoms with Crippen molar-refractivity contribution in [2.45, 2.75) is 44.7 Å². The highest BCUT2D eigenvalue weighted by molar-refractivity contribution is 5.90. The van der Waals surface area contributed by atoms with Crippen molar-refractivity contribution in [2.75, 3.05) is 9.80 Å². The maximum Gasteiger partial charge on any atom is 0.158 e. The molecule has 2 aromatic carbocycles. The number of anilines is 4. The zero-order chi connectivity index (χ0) is 20.5. The fourth-order valence-electron chi connectivity index (χ4n) is 6.88. The minimum absolute atomic E-state index is 0.00852. The van der Waals surface area contributed by atoms with Gasteiger partial charge in [-0.05, 0) is 55.2 Å². The molecule has 0 bridgehead atoms. The average molecular weight is 394 g/mol. The Morgan fingerprint density at radius 1 is 0.900 bits per heavy atom. The van der Waals surface area contributed by atoms with Crippen LogP contribution >= 0.6 is 0 Å². The van der Waals surface area contributed by atoms with Crippen molar-refractivity contribution >= 4 is 22.9 Å². The van der Waals surface area contributed by atoms with Gasteiger partial charge in [-0.2, -0.15) is 0 Å². The van der Waals surface area contributed by atoms with Crippen molar-refractivity contribution in [1.29, 1.82) is 0 Å². The summed E-state index contributed by atoms with van der Waals surface area (Å²) in [6.07, 6.45) is 5.35. The molecule has 2 aliphatic heterocycles. The van der Waals surface area contributed by atoms with Crippen LogP contribution in [0.2, 0.25) is 0 Å². The number of nitrogens with zero attached hydrogens (tertiary/aromatic N) is 3. The number of hydrogen-bond donors (Lipinski definition) is 0. The Kier molecular flexibility index (Phi) is 3.54. The minimum atomic E-state index is 0.00852. The van der Waals surface area contributed by atoms with Gasteiger partial charge in [-0.15, -0.1) is 0 Å². The summed E-state index contributed by atoms with van der Waals surface area (Å²) in [5.41, 5.74) is 6.62.